The lowest BCUT2D eigenvalue weighted by Gasteiger charge is -2.33. The van der Waals surface area contributed by atoms with E-state index in [-0.39, 0.29) is 5.41 Å². The van der Waals surface area contributed by atoms with Gasteiger partial charge in [-0.3, -0.25) is 0 Å². The van der Waals surface area contributed by atoms with E-state index in [0.29, 0.717) is 0 Å². The van der Waals surface area contributed by atoms with Gasteiger partial charge in [-0.2, -0.15) is 0 Å². The lowest BCUT2D eigenvalue weighted by molar-refractivity contribution is 0.397. The first-order valence-electron chi connectivity index (χ1n) is 25.8. The molecule has 0 unspecified atom stereocenters. The standard InChI is InChI=1S/C63H62S8/c1-43-21-25-49-47(41-43)48-42-44(2)22-26-50(48)63(49,37-13-9-5-3-7-11-17-45-23-27-55(66-45)57-33-35-61(70-57)59-31-29-53(68-59)51-19-15-39-64-51)38-14-10-6-4-8-12-18-46-24-28-56(67-46)58-34-36-62(71-58)60-32-30-54(69-60)52-20-16-40-65-52/h15-16,19-36,39-42H,3-14,17-18,37-38H2,1-2H3. The molecule has 362 valence electrons. The minimum absolute atomic E-state index is 0.139. The molecule has 8 aromatic heterocycles. The highest BCUT2D eigenvalue weighted by Gasteiger charge is 2.42. The van der Waals surface area contributed by atoms with Crippen molar-refractivity contribution in [1.29, 1.82) is 0 Å². The van der Waals surface area contributed by atoms with E-state index in [1.165, 1.54) is 193 Å². The van der Waals surface area contributed by atoms with Gasteiger partial charge in [0.2, 0.25) is 0 Å². The minimum atomic E-state index is 0.139. The summed E-state index contributed by atoms with van der Waals surface area (Å²) in [6.45, 7) is 4.54. The van der Waals surface area contributed by atoms with Gasteiger partial charge in [0.15, 0.2) is 0 Å². The molecule has 0 amide bonds. The Labute approximate surface area is 454 Å². The Balaban J connectivity index is 0.626. The fourth-order valence-electron chi connectivity index (χ4n) is 10.8. The van der Waals surface area contributed by atoms with Crippen molar-refractivity contribution in [3.63, 3.8) is 0 Å². The van der Waals surface area contributed by atoms with Gasteiger partial charge in [0.05, 0.1) is 0 Å². The summed E-state index contributed by atoms with van der Waals surface area (Å²) in [5.74, 6) is 0. The Morgan fingerprint density at radius 3 is 1.00 bits per heavy atom. The van der Waals surface area contributed by atoms with Crippen LogP contribution in [0.25, 0.3) is 69.7 Å². The highest BCUT2D eigenvalue weighted by atomic mass is 32.1. The number of hydrogen-bond donors (Lipinski definition) is 0. The van der Waals surface area contributed by atoms with Crippen LogP contribution < -0.4 is 0 Å². The molecule has 8 heterocycles. The second-order valence-corrected chi connectivity index (χ2v) is 28.1. The number of aryl methyl sites for hydroxylation is 4. The smallest absolute Gasteiger partial charge is 0.0449 e. The van der Waals surface area contributed by atoms with Gasteiger partial charge < -0.3 is 0 Å². The Morgan fingerprint density at radius 2 is 0.634 bits per heavy atom. The van der Waals surface area contributed by atoms with Crippen molar-refractivity contribution in [3.8, 4) is 69.7 Å². The molecular formula is C63H62S8. The van der Waals surface area contributed by atoms with Gasteiger partial charge in [-0.1, -0.05) is 124 Å². The van der Waals surface area contributed by atoms with Crippen LogP contribution in [-0.4, -0.2) is 0 Å². The van der Waals surface area contributed by atoms with Gasteiger partial charge in [0.1, 0.15) is 0 Å². The number of rotatable bonds is 24. The van der Waals surface area contributed by atoms with Gasteiger partial charge in [-0.25, -0.2) is 0 Å². The molecule has 11 rings (SSSR count). The van der Waals surface area contributed by atoms with Gasteiger partial charge in [0.25, 0.3) is 0 Å². The van der Waals surface area contributed by atoms with E-state index < -0.39 is 0 Å². The molecule has 2 aromatic carbocycles. The molecule has 0 radical (unpaired) electrons. The molecule has 0 saturated heterocycles. The molecule has 0 fully saturated rings. The number of unbranched alkanes of at least 4 members (excludes halogenated alkanes) is 10. The first-order chi connectivity index (χ1) is 35.0. The molecule has 1 aliphatic carbocycles. The zero-order chi connectivity index (χ0) is 48.0. The normalized spacial score (nSPS) is 12.8. The zero-order valence-electron chi connectivity index (χ0n) is 40.9. The topological polar surface area (TPSA) is 0 Å². The summed E-state index contributed by atoms with van der Waals surface area (Å²) in [5, 5.41) is 4.33. The van der Waals surface area contributed by atoms with E-state index in [0.717, 1.165) is 0 Å². The third kappa shape index (κ3) is 11.4. The molecule has 0 spiro atoms. The average molecular weight is 1080 g/mol. The summed E-state index contributed by atoms with van der Waals surface area (Å²) < 4.78 is 0. The predicted octanol–water partition coefficient (Wildman–Crippen LogP) is 23.0. The fraction of sp³-hybridized carbons (Fsp3) is 0.302. The molecular weight excluding hydrogens is 1010 g/mol. The summed E-state index contributed by atoms with van der Waals surface area (Å²) in [7, 11) is 0. The van der Waals surface area contributed by atoms with E-state index in [2.05, 4.69) is 158 Å². The summed E-state index contributed by atoms with van der Waals surface area (Å²) >= 11 is 15.3. The quantitative estimate of drug-likeness (QED) is 0.0529. The molecule has 0 N–H and O–H groups in total. The van der Waals surface area contributed by atoms with Crippen LogP contribution in [0.3, 0.4) is 0 Å². The maximum atomic E-state index is 2.51. The van der Waals surface area contributed by atoms with E-state index in [1.54, 1.807) is 11.1 Å². The van der Waals surface area contributed by atoms with E-state index in [4.69, 9.17) is 0 Å². The van der Waals surface area contributed by atoms with Crippen LogP contribution in [0, 0.1) is 13.8 Å². The van der Waals surface area contributed by atoms with E-state index in [1.807, 2.05) is 90.7 Å². The first-order valence-corrected chi connectivity index (χ1v) is 32.5. The highest BCUT2D eigenvalue weighted by molar-refractivity contribution is 7.29. The fourth-order valence-corrected chi connectivity index (χ4v) is 19.0. The maximum absolute atomic E-state index is 2.51. The van der Waals surface area contributed by atoms with Crippen LogP contribution in [0.5, 0.6) is 0 Å². The molecule has 0 nitrogen and oxygen atoms in total. The number of benzene rings is 2. The zero-order valence-corrected chi connectivity index (χ0v) is 47.5. The third-order valence-corrected chi connectivity index (χ3v) is 24.0. The molecule has 8 heteroatoms. The molecule has 1 aliphatic rings. The third-order valence-electron chi connectivity index (χ3n) is 14.5. The minimum Gasteiger partial charge on any atom is -0.143 e. The lowest BCUT2D eigenvalue weighted by Crippen LogP contribution is -2.25. The molecule has 0 saturated carbocycles. The second-order valence-electron chi connectivity index (χ2n) is 19.6. The van der Waals surface area contributed by atoms with Crippen molar-refractivity contribution < 1.29 is 0 Å². The second kappa shape index (κ2) is 23.1. The van der Waals surface area contributed by atoms with Crippen molar-refractivity contribution in [2.45, 2.75) is 122 Å². The van der Waals surface area contributed by atoms with Crippen molar-refractivity contribution in [3.05, 3.63) is 176 Å². The lowest BCUT2D eigenvalue weighted by atomic mass is 9.70. The highest BCUT2D eigenvalue weighted by Crippen LogP contribution is 2.55. The molecule has 0 bridgehead atoms. The van der Waals surface area contributed by atoms with Crippen molar-refractivity contribution >= 4 is 90.7 Å². The summed E-state index contributed by atoms with van der Waals surface area (Å²) in [4.78, 5) is 19.7. The Hall–Kier alpha value is -3.96. The van der Waals surface area contributed by atoms with Gasteiger partial charge in [-0.05, 0) is 170 Å². The molecule has 0 atom stereocenters. The summed E-state index contributed by atoms with van der Waals surface area (Å²) in [5.41, 5.74) is 9.12. The number of fused-ring (bicyclic) bond motifs is 3. The number of thiophene rings is 8. The van der Waals surface area contributed by atoms with E-state index >= 15 is 0 Å². The van der Waals surface area contributed by atoms with Crippen LogP contribution >= 0.6 is 90.7 Å². The van der Waals surface area contributed by atoms with Crippen molar-refractivity contribution in [2.75, 3.05) is 0 Å². The Kier molecular flexibility index (Phi) is 16.0. The predicted molar refractivity (Wildman–Crippen MR) is 323 cm³/mol. The number of hydrogen-bond acceptors (Lipinski definition) is 8. The van der Waals surface area contributed by atoms with Crippen LogP contribution in [0.2, 0.25) is 0 Å². The van der Waals surface area contributed by atoms with Gasteiger partial charge >= 0.3 is 0 Å². The molecule has 10 aromatic rings. The maximum Gasteiger partial charge on any atom is 0.0449 e. The van der Waals surface area contributed by atoms with Crippen molar-refractivity contribution in [1.82, 2.24) is 0 Å². The van der Waals surface area contributed by atoms with Crippen LogP contribution in [0.1, 0.15) is 122 Å². The summed E-state index contributed by atoms with van der Waals surface area (Å²) in [6, 6.07) is 51.4. The Morgan fingerprint density at radius 1 is 0.310 bits per heavy atom. The molecule has 0 aliphatic heterocycles. The average Bonchev–Trinajstić information content (AvgIpc) is 4.23. The van der Waals surface area contributed by atoms with Crippen molar-refractivity contribution in [2.24, 2.45) is 0 Å². The van der Waals surface area contributed by atoms with Gasteiger partial charge in [0, 0.05) is 73.7 Å². The Bertz CT molecular complexity index is 3040. The molecule has 71 heavy (non-hydrogen) atoms. The van der Waals surface area contributed by atoms with Crippen LogP contribution in [0.15, 0.2) is 144 Å². The summed E-state index contributed by atoms with van der Waals surface area (Å²) in [6.07, 6.45) is 20.8. The first kappa shape index (κ1) is 49.3. The SMILES string of the molecule is Cc1ccc2c(c1)-c1cc(C)ccc1C2(CCCCCCCCc1ccc(-c2ccc(-c3ccc(-c4cccs4)s3)s2)s1)CCCCCCCCc1ccc(-c2ccc(-c3ccc(-c4cccs4)s3)s2)s1. The van der Waals surface area contributed by atoms with Crippen LogP contribution in [-0.2, 0) is 18.3 Å². The van der Waals surface area contributed by atoms with E-state index in [9.17, 15) is 0 Å². The van der Waals surface area contributed by atoms with Crippen LogP contribution in [0.4, 0.5) is 0 Å². The monoisotopic (exact) mass is 1070 g/mol. The van der Waals surface area contributed by atoms with Gasteiger partial charge in [-0.15, -0.1) is 90.7 Å². The largest absolute Gasteiger partial charge is 0.143 e.